The number of carbonyl (C=O) groups is 2. The van der Waals surface area contributed by atoms with Crippen molar-refractivity contribution < 1.29 is 14.7 Å². The molecular weight excluding hydrogens is 364 g/mol. The minimum atomic E-state index is -1.45. The van der Waals surface area contributed by atoms with Gasteiger partial charge in [-0.15, -0.1) is 0 Å². The van der Waals surface area contributed by atoms with E-state index in [1.165, 1.54) is 5.56 Å². The highest BCUT2D eigenvalue weighted by atomic mass is 16.3. The highest BCUT2D eigenvalue weighted by Crippen LogP contribution is 2.33. The summed E-state index contributed by atoms with van der Waals surface area (Å²) in [6, 6.07) is 24.3. The Kier molecular flexibility index (Phi) is 4.91. The number of aryl methyl sites for hydroxylation is 1. The minimum Gasteiger partial charge on any atom is -0.385 e. The van der Waals surface area contributed by atoms with E-state index in [1.54, 1.807) is 12.1 Å². The first-order valence-corrected chi connectivity index (χ1v) is 9.50. The molecule has 5 heteroatoms. The quantitative estimate of drug-likeness (QED) is 0.587. The average Bonchev–Trinajstić information content (AvgIpc) is 3.02. The topological polar surface area (TPSA) is 78.4 Å². The summed E-state index contributed by atoms with van der Waals surface area (Å²) in [4.78, 5) is 24.6. The molecule has 1 heterocycles. The van der Waals surface area contributed by atoms with Crippen LogP contribution in [0.1, 0.15) is 22.8 Å². The van der Waals surface area contributed by atoms with Crippen molar-refractivity contribution in [1.82, 2.24) is 10.6 Å². The number of hydrogen-bond acceptors (Lipinski definition) is 3. The number of urea groups is 1. The molecule has 1 aliphatic rings. The van der Waals surface area contributed by atoms with E-state index < -0.39 is 23.6 Å². The van der Waals surface area contributed by atoms with Gasteiger partial charge in [0.15, 0.2) is 5.54 Å². The van der Waals surface area contributed by atoms with E-state index in [4.69, 9.17) is 0 Å². The molecular formula is C24H22N2O3. The van der Waals surface area contributed by atoms with Gasteiger partial charge in [0.25, 0.3) is 5.91 Å². The number of benzene rings is 3. The summed E-state index contributed by atoms with van der Waals surface area (Å²) in [5, 5.41) is 16.1. The molecule has 3 aromatic rings. The van der Waals surface area contributed by atoms with Crippen LogP contribution in [0.4, 0.5) is 4.79 Å². The lowest BCUT2D eigenvalue weighted by atomic mass is 9.82. The molecule has 4 rings (SSSR count). The normalized spacial score (nSPS) is 19.5. The van der Waals surface area contributed by atoms with Gasteiger partial charge in [-0.1, -0.05) is 84.4 Å². The van der Waals surface area contributed by atoms with E-state index in [2.05, 4.69) is 10.6 Å². The van der Waals surface area contributed by atoms with Gasteiger partial charge in [-0.3, -0.25) is 10.1 Å². The van der Waals surface area contributed by atoms with Crippen molar-refractivity contribution in [2.24, 2.45) is 0 Å². The molecule has 0 aromatic heterocycles. The van der Waals surface area contributed by atoms with Crippen molar-refractivity contribution in [2.45, 2.75) is 25.0 Å². The van der Waals surface area contributed by atoms with Gasteiger partial charge in [0.05, 0.1) is 0 Å². The third-order valence-electron chi connectivity index (χ3n) is 5.37. The Hall–Kier alpha value is -3.44. The number of nitrogens with one attached hydrogen (secondary N) is 2. The van der Waals surface area contributed by atoms with Gasteiger partial charge in [-0.2, -0.15) is 0 Å². The molecule has 1 aliphatic heterocycles. The lowest BCUT2D eigenvalue weighted by Gasteiger charge is -2.31. The maximum absolute atomic E-state index is 12.7. The first-order valence-electron chi connectivity index (χ1n) is 9.50. The second-order valence-corrected chi connectivity index (χ2v) is 7.43. The van der Waals surface area contributed by atoms with E-state index in [9.17, 15) is 14.7 Å². The number of amides is 3. The summed E-state index contributed by atoms with van der Waals surface area (Å²) in [6.07, 6.45) is -1.01. The van der Waals surface area contributed by atoms with Crippen molar-refractivity contribution in [3.05, 3.63) is 95.6 Å². The maximum Gasteiger partial charge on any atom is 0.322 e. The van der Waals surface area contributed by atoms with Crippen molar-refractivity contribution in [2.75, 3.05) is 0 Å². The monoisotopic (exact) mass is 386 g/mol. The zero-order valence-electron chi connectivity index (χ0n) is 16.1. The van der Waals surface area contributed by atoms with Crippen LogP contribution in [0.25, 0.3) is 11.1 Å². The molecule has 3 amide bonds. The van der Waals surface area contributed by atoms with Crippen LogP contribution in [0.3, 0.4) is 0 Å². The molecule has 0 saturated carbocycles. The van der Waals surface area contributed by atoms with Gasteiger partial charge in [0.2, 0.25) is 0 Å². The number of aliphatic hydroxyl groups is 1. The summed E-state index contributed by atoms with van der Waals surface area (Å²) in [5.74, 6) is -0.526. The molecule has 146 valence electrons. The summed E-state index contributed by atoms with van der Waals surface area (Å²) < 4.78 is 0. The number of rotatable bonds is 5. The lowest BCUT2D eigenvalue weighted by Crippen LogP contribution is -2.53. The molecule has 2 unspecified atom stereocenters. The highest BCUT2D eigenvalue weighted by Gasteiger charge is 2.52. The Morgan fingerprint density at radius 2 is 1.45 bits per heavy atom. The van der Waals surface area contributed by atoms with Crippen LogP contribution in [-0.2, 0) is 11.2 Å². The van der Waals surface area contributed by atoms with Gasteiger partial charge in [-0.25, -0.2) is 4.79 Å². The number of aliphatic hydroxyl groups excluding tert-OH is 1. The molecule has 1 fully saturated rings. The summed E-state index contributed by atoms with van der Waals surface area (Å²) in [5.41, 5.74) is 3.23. The Morgan fingerprint density at radius 1 is 0.862 bits per heavy atom. The Balaban J connectivity index is 1.66. The van der Waals surface area contributed by atoms with Crippen LogP contribution >= 0.6 is 0 Å². The number of hydrogen-bond donors (Lipinski definition) is 3. The Labute approximate surface area is 169 Å². The van der Waals surface area contributed by atoms with Crippen LogP contribution in [0.2, 0.25) is 0 Å². The molecule has 29 heavy (non-hydrogen) atoms. The van der Waals surface area contributed by atoms with E-state index in [0.29, 0.717) is 5.56 Å². The molecule has 0 aliphatic carbocycles. The van der Waals surface area contributed by atoms with Crippen LogP contribution in [0.5, 0.6) is 0 Å². The van der Waals surface area contributed by atoms with Gasteiger partial charge in [0.1, 0.15) is 6.10 Å². The van der Waals surface area contributed by atoms with Crippen LogP contribution in [0.15, 0.2) is 78.9 Å². The van der Waals surface area contributed by atoms with Gasteiger partial charge < -0.3 is 10.4 Å². The summed E-state index contributed by atoms with van der Waals surface area (Å²) in [7, 11) is 0. The highest BCUT2D eigenvalue weighted by molar-refractivity contribution is 6.07. The molecule has 3 N–H and O–H groups in total. The van der Waals surface area contributed by atoms with Crippen molar-refractivity contribution in [3.63, 3.8) is 0 Å². The van der Waals surface area contributed by atoms with Gasteiger partial charge >= 0.3 is 6.03 Å². The van der Waals surface area contributed by atoms with Crippen molar-refractivity contribution >= 4 is 11.9 Å². The standard InChI is InChI=1S/C24H22N2O3/c1-16-7-9-18(10-8-16)19-11-13-20(14-12-19)21(27)24(22(28)25-23(29)26-24)15-17-5-3-2-4-6-17/h2-14,21,27H,15H2,1H3,(H2,25,26,28,29). The fraction of sp³-hybridized carbons (Fsp3) is 0.167. The average molecular weight is 386 g/mol. The fourth-order valence-corrected chi connectivity index (χ4v) is 3.73. The SMILES string of the molecule is Cc1ccc(-c2ccc(C(O)C3(Cc4ccccc4)NC(=O)NC3=O)cc2)cc1. The second-order valence-electron chi connectivity index (χ2n) is 7.43. The van der Waals surface area contributed by atoms with E-state index >= 15 is 0 Å². The largest absolute Gasteiger partial charge is 0.385 e. The third kappa shape index (κ3) is 3.65. The first kappa shape index (κ1) is 18.9. The van der Waals surface area contributed by atoms with Crippen LogP contribution in [-0.4, -0.2) is 22.6 Å². The number of carbonyl (C=O) groups excluding carboxylic acids is 2. The zero-order chi connectivity index (χ0) is 20.4. The Bertz CT molecular complexity index is 1030. The summed E-state index contributed by atoms with van der Waals surface area (Å²) >= 11 is 0. The molecule has 5 nitrogen and oxygen atoms in total. The fourth-order valence-electron chi connectivity index (χ4n) is 3.73. The van der Waals surface area contributed by atoms with Crippen LogP contribution in [0, 0.1) is 6.92 Å². The number of imide groups is 1. The maximum atomic E-state index is 12.7. The van der Waals surface area contributed by atoms with Crippen LogP contribution < -0.4 is 10.6 Å². The van der Waals surface area contributed by atoms with Gasteiger partial charge in [-0.05, 0) is 29.2 Å². The smallest absolute Gasteiger partial charge is 0.322 e. The second kappa shape index (κ2) is 7.53. The van der Waals surface area contributed by atoms with E-state index in [1.807, 2.05) is 73.7 Å². The molecule has 0 radical (unpaired) electrons. The lowest BCUT2D eigenvalue weighted by molar-refractivity contribution is -0.128. The zero-order valence-corrected chi connectivity index (χ0v) is 16.1. The van der Waals surface area contributed by atoms with Crippen molar-refractivity contribution in [1.29, 1.82) is 0 Å². The predicted molar refractivity (Wildman–Crippen MR) is 111 cm³/mol. The molecule has 1 saturated heterocycles. The Morgan fingerprint density at radius 3 is 2.00 bits per heavy atom. The molecule has 0 spiro atoms. The first-order chi connectivity index (χ1) is 14.0. The van der Waals surface area contributed by atoms with Gasteiger partial charge in [0, 0.05) is 6.42 Å². The predicted octanol–water partition coefficient (Wildman–Crippen LogP) is 3.52. The van der Waals surface area contributed by atoms with E-state index in [-0.39, 0.29) is 6.42 Å². The third-order valence-corrected chi connectivity index (χ3v) is 5.37. The summed E-state index contributed by atoms with van der Waals surface area (Å²) in [6.45, 7) is 2.04. The molecule has 3 aromatic carbocycles. The van der Waals surface area contributed by atoms with Crippen molar-refractivity contribution in [3.8, 4) is 11.1 Å². The molecule has 0 bridgehead atoms. The molecule has 2 atom stereocenters. The minimum absolute atomic E-state index is 0.187. The van der Waals surface area contributed by atoms with E-state index in [0.717, 1.165) is 16.7 Å².